The maximum absolute atomic E-state index is 11.1. The third-order valence-electron chi connectivity index (χ3n) is 2.14. The van der Waals surface area contributed by atoms with Crippen LogP contribution in [-0.2, 0) is 10.1 Å². The topological polar surface area (TPSA) is 80.4 Å². The van der Waals surface area contributed by atoms with Crippen LogP contribution in [0.25, 0.3) is 10.8 Å². The van der Waals surface area contributed by atoms with E-state index in [0.717, 1.165) is 5.39 Å². The van der Waals surface area contributed by atoms with Crippen LogP contribution in [0.3, 0.4) is 0 Å². The van der Waals surface area contributed by atoms with Crippen molar-refractivity contribution in [1.82, 2.24) is 0 Å². The van der Waals surface area contributed by atoms with Crippen molar-refractivity contribution in [2.45, 2.75) is 4.90 Å². The van der Waals surface area contributed by atoms with E-state index in [9.17, 15) is 8.42 Å². The van der Waals surface area contributed by atoms with Crippen LogP contribution < -0.4 is 57.1 Å². The second-order valence-electron chi connectivity index (χ2n) is 3.21. The Kier molecular flexibility index (Phi) is 4.53. The molecule has 0 radical (unpaired) electrons. The van der Waals surface area contributed by atoms with E-state index in [1.54, 1.807) is 24.3 Å². The maximum Gasteiger partial charge on any atom is 1.00 e. The Bertz CT molecular complexity index is 630. The van der Waals surface area contributed by atoms with Gasteiger partial charge in [-0.2, -0.15) is 8.42 Å². The van der Waals surface area contributed by atoms with Crippen molar-refractivity contribution in [3.05, 3.63) is 36.4 Å². The van der Waals surface area contributed by atoms with Crippen LogP contribution in [0.15, 0.2) is 41.3 Å². The molecule has 0 aromatic heterocycles. The van der Waals surface area contributed by atoms with E-state index in [1.807, 2.05) is 0 Å². The van der Waals surface area contributed by atoms with Gasteiger partial charge in [0.2, 0.25) is 0 Å². The molecule has 0 unspecified atom stereocenters. The molecular weight excluding hydrogens is 253 g/mol. The number of benzene rings is 2. The number of fused-ring (bicyclic) bond motifs is 1. The van der Waals surface area contributed by atoms with Gasteiger partial charge in [0.25, 0.3) is 10.1 Å². The number of nitrogens with two attached hydrogens (primary N) is 1. The molecule has 0 saturated carbocycles. The molecule has 0 fully saturated rings. The van der Waals surface area contributed by atoms with Gasteiger partial charge >= 0.3 is 51.4 Å². The Labute approximate surface area is 137 Å². The molecule has 80 valence electrons. The molecule has 3 N–H and O–H groups in total. The first-order valence-electron chi connectivity index (χ1n) is 4.24. The van der Waals surface area contributed by atoms with Crippen molar-refractivity contribution in [3.63, 3.8) is 0 Å². The fraction of sp³-hybridized carbons (Fsp3) is 0. The van der Waals surface area contributed by atoms with Crippen LogP contribution in [0.4, 0.5) is 5.69 Å². The standard InChI is InChI=1S/C10H9NO3S.K.H/c11-8-5-4-7-2-1-3-10(9(7)6-8)15(12,13)14;;/h1-6H,11H2,(H,12,13,14);;/q;+1;-1. The number of nitrogen functional groups attached to an aromatic ring is 1. The summed E-state index contributed by atoms with van der Waals surface area (Å²) in [5.41, 5.74) is 6.02. The Balaban J connectivity index is 0.00000128. The minimum atomic E-state index is -4.20. The first kappa shape index (κ1) is 14.1. The number of hydrogen-bond donors (Lipinski definition) is 2. The molecule has 0 aliphatic heterocycles. The summed E-state index contributed by atoms with van der Waals surface area (Å²) in [4.78, 5) is -0.118. The van der Waals surface area contributed by atoms with Gasteiger partial charge in [0.05, 0.1) is 0 Å². The van der Waals surface area contributed by atoms with Crippen LogP contribution in [0, 0.1) is 0 Å². The van der Waals surface area contributed by atoms with Crippen molar-refractivity contribution in [2.75, 3.05) is 5.73 Å². The van der Waals surface area contributed by atoms with Gasteiger partial charge in [-0.3, -0.25) is 4.55 Å². The van der Waals surface area contributed by atoms with E-state index in [-0.39, 0.29) is 57.7 Å². The van der Waals surface area contributed by atoms with Crippen molar-refractivity contribution in [3.8, 4) is 0 Å². The SMILES string of the molecule is Nc1ccc2cccc(S(=O)(=O)O)c2c1.[H-].[K+]. The summed E-state index contributed by atoms with van der Waals surface area (Å²) in [5, 5.41) is 1.15. The summed E-state index contributed by atoms with van der Waals surface area (Å²) in [5.74, 6) is 0. The van der Waals surface area contributed by atoms with Crippen molar-refractivity contribution in [2.24, 2.45) is 0 Å². The first-order valence-corrected chi connectivity index (χ1v) is 5.68. The largest absolute Gasteiger partial charge is 1.00 e. The second-order valence-corrected chi connectivity index (χ2v) is 4.60. The molecule has 6 heteroatoms. The van der Waals surface area contributed by atoms with Crippen LogP contribution in [-0.4, -0.2) is 13.0 Å². The quantitative estimate of drug-likeness (QED) is 0.384. The second kappa shape index (κ2) is 5.13. The number of rotatable bonds is 1. The van der Waals surface area contributed by atoms with Gasteiger partial charge < -0.3 is 7.16 Å². The molecule has 0 atom stereocenters. The zero-order chi connectivity index (χ0) is 11.1. The molecule has 16 heavy (non-hydrogen) atoms. The molecule has 0 aliphatic rings. The zero-order valence-corrected chi connectivity index (χ0v) is 12.7. The maximum atomic E-state index is 11.1. The van der Waals surface area contributed by atoms with E-state index in [0.29, 0.717) is 11.1 Å². The van der Waals surface area contributed by atoms with Crippen molar-refractivity contribution < 1.29 is 65.8 Å². The number of hydrogen-bond acceptors (Lipinski definition) is 3. The predicted molar refractivity (Wildman–Crippen MR) is 59.3 cm³/mol. The minimum absolute atomic E-state index is 0. The van der Waals surface area contributed by atoms with Gasteiger partial charge in [0, 0.05) is 11.1 Å². The van der Waals surface area contributed by atoms with Gasteiger partial charge in [0.15, 0.2) is 0 Å². The van der Waals surface area contributed by atoms with Gasteiger partial charge in [-0.05, 0) is 23.6 Å². The molecule has 0 aliphatic carbocycles. The molecule has 4 nitrogen and oxygen atoms in total. The molecule has 0 bridgehead atoms. The van der Waals surface area contributed by atoms with Gasteiger partial charge in [0.1, 0.15) is 4.90 Å². The smallest absolute Gasteiger partial charge is 1.00 e. The van der Waals surface area contributed by atoms with E-state index >= 15 is 0 Å². The van der Waals surface area contributed by atoms with Crippen LogP contribution >= 0.6 is 0 Å². The van der Waals surface area contributed by atoms with Crippen molar-refractivity contribution >= 4 is 26.6 Å². The van der Waals surface area contributed by atoms with E-state index < -0.39 is 10.1 Å². The Morgan fingerprint density at radius 1 is 1.19 bits per heavy atom. The molecule has 0 amide bonds. The summed E-state index contributed by atoms with van der Waals surface area (Å²) < 4.78 is 31.2. The molecule has 0 saturated heterocycles. The molecule has 0 heterocycles. The van der Waals surface area contributed by atoms with Gasteiger partial charge in [-0.25, -0.2) is 0 Å². The van der Waals surface area contributed by atoms with E-state index in [1.165, 1.54) is 12.1 Å². The molecule has 2 rings (SSSR count). The summed E-state index contributed by atoms with van der Waals surface area (Å²) in [6.07, 6.45) is 0. The summed E-state index contributed by atoms with van der Waals surface area (Å²) in [7, 11) is -4.20. The fourth-order valence-electron chi connectivity index (χ4n) is 1.49. The van der Waals surface area contributed by atoms with Gasteiger partial charge in [-0.1, -0.05) is 18.2 Å². The third kappa shape index (κ3) is 2.83. The minimum Gasteiger partial charge on any atom is -1.00 e. The predicted octanol–water partition coefficient (Wildman–Crippen LogP) is -1.21. The normalized spacial score (nSPS) is 11.1. The summed E-state index contributed by atoms with van der Waals surface area (Å²) >= 11 is 0. The van der Waals surface area contributed by atoms with Crippen LogP contribution in [0.5, 0.6) is 0 Å². The number of anilines is 1. The Morgan fingerprint density at radius 3 is 2.50 bits per heavy atom. The average molecular weight is 263 g/mol. The Hall–Kier alpha value is 0.0464. The molecule has 2 aromatic rings. The third-order valence-corrected chi connectivity index (χ3v) is 3.06. The van der Waals surface area contributed by atoms with Crippen LogP contribution in [0.1, 0.15) is 1.43 Å². The first-order chi connectivity index (χ1) is 6.98. The average Bonchev–Trinajstić information content (AvgIpc) is 2.15. The monoisotopic (exact) mass is 263 g/mol. The molecular formula is C10H10KNO3S. The van der Waals surface area contributed by atoms with Crippen molar-refractivity contribution in [1.29, 1.82) is 0 Å². The van der Waals surface area contributed by atoms with E-state index in [2.05, 4.69) is 0 Å². The fourth-order valence-corrected chi connectivity index (χ4v) is 2.19. The molecule has 0 spiro atoms. The summed E-state index contributed by atoms with van der Waals surface area (Å²) in [6.45, 7) is 0. The summed E-state index contributed by atoms with van der Waals surface area (Å²) in [6, 6.07) is 9.58. The van der Waals surface area contributed by atoms with E-state index in [4.69, 9.17) is 10.3 Å². The van der Waals surface area contributed by atoms with Gasteiger partial charge in [-0.15, -0.1) is 0 Å². The molecule has 2 aromatic carbocycles. The van der Waals surface area contributed by atoms with Crippen LogP contribution in [0.2, 0.25) is 0 Å². The Morgan fingerprint density at radius 2 is 1.88 bits per heavy atom. The zero-order valence-electron chi connectivity index (χ0n) is 9.71.